The zero-order valence-electron chi connectivity index (χ0n) is 18.7. The highest BCUT2D eigenvalue weighted by atomic mass is 32.2. The Kier molecular flexibility index (Phi) is 6.84. The average molecular weight is 454 g/mol. The van der Waals surface area contributed by atoms with Crippen LogP contribution in [-0.2, 0) is 25.6 Å². The molecule has 1 saturated heterocycles. The van der Waals surface area contributed by atoms with Crippen LogP contribution in [0.2, 0.25) is 0 Å². The predicted octanol–water partition coefficient (Wildman–Crippen LogP) is 5.15. The van der Waals surface area contributed by atoms with E-state index < -0.39 is 21.2 Å². The highest BCUT2D eigenvalue weighted by Gasteiger charge is 2.43. The van der Waals surface area contributed by atoms with Crippen molar-refractivity contribution in [3.8, 4) is 5.75 Å². The summed E-state index contributed by atoms with van der Waals surface area (Å²) in [6.45, 7) is 13.7. The van der Waals surface area contributed by atoms with E-state index in [1.165, 1.54) is 6.08 Å². The van der Waals surface area contributed by atoms with E-state index in [4.69, 9.17) is 0 Å². The molecule has 0 aromatic heterocycles. The van der Waals surface area contributed by atoms with Crippen molar-refractivity contribution in [2.45, 2.75) is 72.1 Å². The van der Waals surface area contributed by atoms with Crippen LogP contribution in [0.5, 0.6) is 5.75 Å². The largest absolute Gasteiger partial charge is 0.507 e. The van der Waals surface area contributed by atoms with Gasteiger partial charge in [0.15, 0.2) is 0 Å². The van der Waals surface area contributed by atoms with Crippen LogP contribution in [0.1, 0.15) is 78.0 Å². The van der Waals surface area contributed by atoms with Crippen LogP contribution < -0.4 is 0 Å². The molecule has 0 unspecified atom stereocenters. The summed E-state index contributed by atoms with van der Waals surface area (Å²) in [6, 6.07) is 3.56. The molecule has 0 spiro atoms. The van der Waals surface area contributed by atoms with E-state index >= 15 is 0 Å². The second kappa shape index (κ2) is 8.38. The first kappa shape index (κ1) is 24.5. The van der Waals surface area contributed by atoms with Crippen molar-refractivity contribution in [3.63, 3.8) is 0 Å². The highest BCUT2D eigenvalue weighted by Crippen LogP contribution is 2.41. The molecule has 0 saturated carbocycles. The van der Waals surface area contributed by atoms with Gasteiger partial charge >= 0.3 is 5.24 Å². The molecule has 2 rings (SSSR count). The van der Waals surface area contributed by atoms with Crippen molar-refractivity contribution in [1.82, 2.24) is 4.31 Å². The summed E-state index contributed by atoms with van der Waals surface area (Å²) in [7, 11) is -3.98. The number of rotatable bonds is 5. The molecule has 30 heavy (non-hydrogen) atoms. The summed E-state index contributed by atoms with van der Waals surface area (Å²) >= 11 is 0.625. The van der Waals surface area contributed by atoms with Crippen molar-refractivity contribution in [2.75, 3.05) is 5.75 Å². The maximum atomic E-state index is 12.7. The number of carbonyl (C=O) groups is 2. The van der Waals surface area contributed by atoms with Gasteiger partial charge in [0.05, 0.1) is 10.7 Å². The van der Waals surface area contributed by atoms with Gasteiger partial charge in [-0.15, -0.1) is 0 Å². The molecule has 8 heteroatoms. The summed E-state index contributed by atoms with van der Waals surface area (Å²) in [5.74, 6) is -0.845. The maximum absolute atomic E-state index is 12.7. The van der Waals surface area contributed by atoms with Crippen LogP contribution in [0.4, 0.5) is 4.79 Å². The lowest BCUT2D eigenvalue weighted by molar-refractivity contribution is -0.119. The maximum Gasteiger partial charge on any atom is 0.307 e. The zero-order chi connectivity index (χ0) is 23.1. The third-order valence-electron chi connectivity index (χ3n) is 4.84. The van der Waals surface area contributed by atoms with Gasteiger partial charge in [-0.05, 0) is 52.8 Å². The molecule has 0 aliphatic carbocycles. The number of phenolic OH excluding ortho intramolecular Hbond substituents is 1. The molecule has 1 N–H and O–H groups in total. The number of unbranched alkanes of at least 4 members (excludes halogenated alkanes) is 1. The summed E-state index contributed by atoms with van der Waals surface area (Å²) in [5.41, 5.74) is 1.37. The summed E-state index contributed by atoms with van der Waals surface area (Å²) in [6.07, 6.45) is 2.55. The molecule has 1 aromatic rings. The fourth-order valence-corrected chi connectivity index (χ4v) is 5.80. The Morgan fingerprint density at radius 1 is 1.03 bits per heavy atom. The van der Waals surface area contributed by atoms with E-state index in [0.29, 0.717) is 34.5 Å². The minimum atomic E-state index is -3.98. The van der Waals surface area contributed by atoms with Crippen molar-refractivity contribution >= 4 is 39.0 Å². The van der Waals surface area contributed by atoms with Crippen molar-refractivity contribution in [1.29, 1.82) is 0 Å². The molecular weight excluding hydrogens is 422 g/mol. The molecule has 2 amide bonds. The minimum absolute atomic E-state index is 0.0606. The molecular formula is C22H31NO5S2. The summed E-state index contributed by atoms with van der Waals surface area (Å²) < 4.78 is 25.3. The highest BCUT2D eigenvalue weighted by molar-refractivity contribution is 8.19. The van der Waals surface area contributed by atoms with Gasteiger partial charge in [-0.1, -0.05) is 54.9 Å². The molecule has 6 nitrogen and oxygen atoms in total. The number of imide groups is 1. The lowest BCUT2D eigenvalue weighted by Crippen LogP contribution is -2.36. The van der Waals surface area contributed by atoms with Crippen LogP contribution in [0.3, 0.4) is 0 Å². The molecule has 1 aliphatic rings. The average Bonchev–Trinajstić information content (AvgIpc) is 2.86. The lowest BCUT2D eigenvalue weighted by Gasteiger charge is -2.28. The molecule has 0 bridgehead atoms. The molecule has 1 aromatic carbocycles. The van der Waals surface area contributed by atoms with Gasteiger partial charge in [-0.25, -0.2) is 8.42 Å². The van der Waals surface area contributed by atoms with Crippen LogP contribution in [0.25, 0.3) is 6.08 Å². The van der Waals surface area contributed by atoms with Crippen molar-refractivity contribution in [3.05, 3.63) is 33.7 Å². The molecule has 0 atom stereocenters. The predicted molar refractivity (Wildman–Crippen MR) is 122 cm³/mol. The van der Waals surface area contributed by atoms with Gasteiger partial charge in [-0.3, -0.25) is 9.59 Å². The number of aromatic hydroxyl groups is 1. The quantitative estimate of drug-likeness (QED) is 0.620. The van der Waals surface area contributed by atoms with Gasteiger partial charge in [0, 0.05) is 11.1 Å². The summed E-state index contributed by atoms with van der Waals surface area (Å²) in [5, 5.41) is 10.0. The van der Waals surface area contributed by atoms with Crippen molar-refractivity contribution in [2.24, 2.45) is 0 Å². The normalized spacial score (nSPS) is 17.3. The van der Waals surface area contributed by atoms with Crippen LogP contribution in [0.15, 0.2) is 17.0 Å². The van der Waals surface area contributed by atoms with E-state index in [1.807, 2.05) is 48.5 Å². The molecule has 1 fully saturated rings. The monoisotopic (exact) mass is 453 g/mol. The second-order valence-electron chi connectivity index (χ2n) is 9.58. The first-order chi connectivity index (χ1) is 13.6. The van der Waals surface area contributed by atoms with Gasteiger partial charge in [0.1, 0.15) is 5.75 Å². The zero-order valence-corrected chi connectivity index (χ0v) is 20.3. The number of phenols is 1. The second-order valence-corrected chi connectivity index (χ2v) is 12.5. The number of thioether (sulfide) groups is 1. The molecule has 1 aliphatic heterocycles. The Balaban J connectivity index is 2.56. The Bertz CT molecular complexity index is 960. The lowest BCUT2D eigenvalue weighted by atomic mass is 9.78. The van der Waals surface area contributed by atoms with Crippen LogP contribution in [0, 0.1) is 0 Å². The first-order valence-corrected chi connectivity index (χ1v) is 12.4. The smallest absolute Gasteiger partial charge is 0.307 e. The molecule has 0 radical (unpaired) electrons. The van der Waals surface area contributed by atoms with Gasteiger partial charge in [0.25, 0.3) is 5.91 Å². The van der Waals surface area contributed by atoms with E-state index in [-0.39, 0.29) is 27.2 Å². The standard InChI is InChI=1S/C22H31NO5S2/c1-8-9-10-30(27,28)23-19(25)17(29-20(23)26)13-14-11-15(21(2,3)4)18(24)16(12-14)22(5,6)7/h11-13,24H,8-10H2,1-7H3/b17-13-. The van der Waals surface area contributed by atoms with Crippen LogP contribution in [-0.4, -0.2) is 34.7 Å². The van der Waals surface area contributed by atoms with Gasteiger partial charge in [-0.2, -0.15) is 4.31 Å². The van der Waals surface area contributed by atoms with Crippen LogP contribution >= 0.6 is 11.8 Å². The number of sulfonamides is 1. The Morgan fingerprint density at radius 3 is 1.97 bits per heavy atom. The fourth-order valence-electron chi connectivity index (χ4n) is 3.15. The van der Waals surface area contributed by atoms with E-state index in [2.05, 4.69) is 0 Å². The SMILES string of the molecule is CCCCS(=O)(=O)N1C(=O)S/C(=C\c2cc(C(C)(C)C)c(O)c(C(C)(C)C)c2)C1=O. The number of amides is 2. The number of hydrogen-bond acceptors (Lipinski definition) is 6. The van der Waals surface area contributed by atoms with Crippen molar-refractivity contribution < 1.29 is 23.1 Å². The first-order valence-electron chi connectivity index (χ1n) is 9.98. The number of benzene rings is 1. The molecule has 166 valence electrons. The van der Waals surface area contributed by atoms with Gasteiger partial charge in [0.2, 0.25) is 10.0 Å². The third-order valence-corrected chi connectivity index (χ3v) is 7.52. The van der Waals surface area contributed by atoms with E-state index in [9.17, 15) is 23.1 Å². The van der Waals surface area contributed by atoms with Gasteiger partial charge < -0.3 is 5.11 Å². The van der Waals surface area contributed by atoms with E-state index in [0.717, 1.165) is 11.1 Å². The topological polar surface area (TPSA) is 91.8 Å². The van der Waals surface area contributed by atoms with E-state index in [1.54, 1.807) is 12.1 Å². The number of carbonyl (C=O) groups excluding carboxylic acids is 2. The Morgan fingerprint density at radius 2 is 1.53 bits per heavy atom. The Labute approximate surface area is 183 Å². The fraction of sp³-hybridized carbons (Fsp3) is 0.545. The summed E-state index contributed by atoms with van der Waals surface area (Å²) in [4.78, 5) is 25.1. The molecule has 1 heterocycles. The Hall–Kier alpha value is -1.80. The number of nitrogens with zero attached hydrogens (tertiary/aromatic N) is 1. The number of hydrogen-bond donors (Lipinski definition) is 1. The minimum Gasteiger partial charge on any atom is -0.507 e. The third kappa shape index (κ3) is 5.09.